The summed E-state index contributed by atoms with van der Waals surface area (Å²) in [5, 5.41) is 0. The van der Waals surface area contributed by atoms with Gasteiger partial charge in [-0.3, -0.25) is 9.97 Å². The normalized spacial score (nSPS) is 8.27. The van der Waals surface area contributed by atoms with Crippen molar-refractivity contribution in [1.82, 2.24) is 9.97 Å². The SMILES string of the molecule is CCCC.Cc1cnccn1. The van der Waals surface area contributed by atoms with Gasteiger partial charge in [0.2, 0.25) is 0 Å². The maximum absolute atomic E-state index is 3.92. The summed E-state index contributed by atoms with van der Waals surface area (Å²) in [6.07, 6.45) is 7.70. The highest BCUT2D eigenvalue weighted by Gasteiger charge is 1.74. The Labute approximate surface area is 68.7 Å². The van der Waals surface area contributed by atoms with Crippen molar-refractivity contribution in [2.75, 3.05) is 0 Å². The minimum absolute atomic E-state index is 0.961. The Morgan fingerprint density at radius 3 is 2.00 bits per heavy atom. The molecule has 0 aliphatic heterocycles. The lowest BCUT2D eigenvalue weighted by atomic mass is 10.4. The zero-order valence-corrected chi connectivity index (χ0v) is 7.54. The van der Waals surface area contributed by atoms with Crippen LogP contribution in [0.15, 0.2) is 18.6 Å². The van der Waals surface area contributed by atoms with Crippen LogP contribution in [0.4, 0.5) is 0 Å². The van der Waals surface area contributed by atoms with Crippen molar-refractivity contribution in [1.29, 1.82) is 0 Å². The Morgan fingerprint density at radius 1 is 1.18 bits per heavy atom. The third-order valence-electron chi connectivity index (χ3n) is 1.19. The molecule has 2 heteroatoms. The predicted molar refractivity (Wildman–Crippen MR) is 47.4 cm³/mol. The molecule has 0 atom stereocenters. The van der Waals surface area contributed by atoms with Gasteiger partial charge in [-0.25, -0.2) is 0 Å². The van der Waals surface area contributed by atoms with Crippen molar-refractivity contribution in [2.24, 2.45) is 0 Å². The maximum Gasteiger partial charge on any atom is 0.0555 e. The zero-order chi connectivity index (χ0) is 8.53. The molecule has 0 fully saturated rings. The van der Waals surface area contributed by atoms with Crippen molar-refractivity contribution < 1.29 is 0 Å². The van der Waals surface area contributed by atoms with Crippen LogP contribution in [0, 0.1) is 6.92 Å². The van der Waals surface area contributed by atoms with Crippen LogP contribution in [-0.2, 0) is 0 Å². The molecule has 0 aliphatic rings. The van der Waals surface area contributed by atoms with Gasteiger partial charge in [0.15, 0.2) is 0 Å². The molecule has 11 heavy (non-hydrogen) atoms. The topological polar surface area (TPSA) is 25.8 Å². The summed E-state index contributed by atoms with van der Waals surface area (Å²) in [5.74, 6) is 0. The van der Waals surface area contributed by atoms with E-state index in [1.807, 2.05) is 6.92 Å². The highest BCUT2D eigenvalue weighted by atomic mass is 14.7. The van der Waals surface area contributed by atoms with Crippen molar-refractivity contribution in [3.8, 4) is 0 Å². The lowest BCUT2D eigenvalue weighted by Gasteiger charge is -1.81. The molecule has 0 saturated carbocycles. The van der Waals surface area contributed by atoms with E-state index < -0.39 is 0 Å². The van der Waals surface area contributed by atoms with Gasteiger partial charge in [-0.1, -0.05) is 26.7 Å². The van der Waals surface area contributed by atoms with E-state index in [0.717, 1.165) is 5.69 Å². The maximum atomic E-state index is 3.92. The summed E-state index contributed by atoms with van der Waals surface area (Å²) >= 11 is 0. The van der Waals surface area contributed by atoms with Gasteiger partial charge < -0.3 is 0 Å². The molecule has 0 aliphatic carbocycles. The van der Waals surface area contributed by atoms with Crippen molar-refractivity contribution >= 4 is 0 Å². The summed E-state index contributed by atoms with van der Waals surface area (Å²) in [6, 6.07) is 0. The molecule has 2 nitrogen and oxygen atoms in total. The van der Waals surface area contributed by atoms with Crippen LogP contribution in [0.25, 0.3) is 0 Å². The average Bonchev–Trinajstić information content (AvgIpc) is 2.07. The molecular weight excluding hydrogens is 136 g/mol. The largest absolute Gasteiger partial charge is 0.261 e. The lowest BCUT2D eigenvalue weighted by Crippen LogP contribution is -1.77. The quantitative estimate of drug-likeness (QED) is 0.618. The molecule has 0 spiro atoms. The molecule has 0 aromatic carbocycles. The van der Waals surface area contributed by atoms with E-state index in [4.69, 9.17) is 0 Å². The fourth-order valence-corrected chi connectivity index (χ4v) is 0.374. The lowest BCUT2D eigenvalue weighted by molar-refractivity contribution is 0.886. The van der Waals surface area contributed by atoms with Gasteiger partial charge in [0, 0.05) is 18.6 Å². The monoisotopic (exact) mass is 152 g/mol. The number of nitrogens with zero attached hydrogens (tertiary/aromatic N) is 2. The molecule has 1 aromatic heterocycles. The van der Waals surface area contributed by atoms with Gasteiger partial charge >= 0.3 is 0 Å². The highest BCUT2D eigenvalue weighted by molar-refractivity contribution is 4.88. The summed E-state index contributed by atoms with van der Waals surface area (Å²) in [6.45, 7) is 6.27. The second-order valence-corrected chi connectivity index (χ2v) is 2.35. The van der Waals surface area contributed by atoms with Crippen molar-refractivity contribution in [3.05, 3.63) is 24.3 Å². The third kappa shape index (κ3) is 6.97. The Kier molecular flexibility index (Phi) is 6.59. The summed E-state index contributed by atoms with van der Waals surface area (Å²) < 4.78 is 0. The smallest absolute Gasteiger partial charge is 0.0555 e. The molecule has 1 rings (SSSR count). The molecular formula is C9H16N2. The Bertz CT molecular complexity index is 158. The molecule has 0 N–H and O–H groups in total. The Morgan fingerprint density at radius 2 is 1.82 bits per heavy atom. The Balaban J connectivity index is 0.000000218. The second-order valence-electron chi connectivity index (χ2n) is 2.35. The minimum atomic E-state index is 0.961. The molecule has 0 unspecified atom stereocenters. The van der Waals surface area contributed by atoms with Crippen LogP contribution >= 0.6 is 0 Å². The minimum Gasteiger partial charge on any atom is -0.261 e. The first kappa shape index (κ1) is 10.1. The van der Waals surface area contributed by atoms with Gasteiger partial charge in [0.1, 0.15) is 0 Å². The molecule has 1 aromatic rings. The fourth-order valence-electron chi connectivity index (χ4n) is 0.374. The van der Waals surface area contributed by atoms with E-state index in [9.17, 15) is 0 Å². The van der Waals surface area contributed by atoms with Crippen LogP contribution in [0.5, 0.6) is 0 Å². The number of hydrogen-bond acceptors (Lipinski definition) is 2. The number of rotatable bonds is 1. The van der Waals surface area contributed by atoms with E-state index >= 15 is 0 Å². The average molecular weight is 152 g/mol. The standard InChI is InChI=1S/C5H6N2.C4H10/c1-5-4-6-2-3-7-5;1-3-4-2/h2-4H,1H3;3-4H2,1-2H3. The fraction of sp³-hybridized carbons (Fsp3) is 0.556. The van der Waals surface area contributed by atoms with Gasteiger partial charge in [0.25, 0.3) is 0 Å². The number of aryl methyl sites for hydroxylation is 1. The number of aromatic nitrogens is 2. The third-order valence-corrected chi connectivity index (χ3v) is 1.19. The van der Waals surface area contributed by atoms with Crippen molar-refractivity contribution in [3.63, 3.8) is 0 Å². The molecule has 0 radical (unpaired) electrons. The zero-order valence-electron chi connectivity index (χ0n) is 7.54. The first-order chi connectivity index (χ1) is 5.31. The highest BCUT2D eigenvalue weighted by Crippen LogP contribution is 1.81. The van der Waals surface area contributed by atoms with Gasteiger partial charge in [-0.2, -0.15) is 0 Å². The van der Waals surface area contributed by atoms with Crippen molar-refractivity contribution in [2.45, 2.75) is 33.6 Å². The van der Waals surface area contributed by atoms with Gasteiger partial charge in [-0.05, 0) is 6.92 Å². The van der Waals surface area contributed by atoms with Crippen LogP contribution in [0.2, 0.25) is 0 Å². The van der Waals surface area contributed by atoms with E-state index in [-0.39, 0.29) is 0 Å². The van der Waals surface area contributed by atoms with Crippen LogP contribution in [0.3, 0.4) is 0 Å². The molecule has 62 valence electrons. The number of hydrogen-bond donors (Lipinski definition) is 0. The first-order valence-electron chi connectivity index (χ1n) is 4.03. The molecule has 0 amide bonds. The second kappa shape index (κ2) is 7.19. The van der Waals surface area contributed by atoms with E-state index in [2.05, 4.69) is 23.8 Å². The molecule has 0 saturated heterocycles. The Hall–Kier alpha value is -0.920. The predicted octanol–water partition coefficient (Wildman–Crippen LogP) is 2.59. The molecule has 0 bridgehead atoms. The van der Waals surface area contributed by atoms with Crippen LogP contribution in [0.1, 0.15) is 32.4 Å². The van der Waals surface area contributed by atoms with E-state index in [1.54, 1.807) is 18.6 Å². The summed E-state index contributed by atoms with van der Waals surface area (Å²) in [5.41, 5.74) is 0.961. The van der Waals surface area contributed by atoms with E-state index in [0.29, 0.717) is 0 Å². The van der Waals surface area contributed by atoms with Crippen LogP contribution in [-0.4, -0.2) is 9.97 Å². The first-order valence-corrected chi connectivity index (χ1v) is 4.03. The van der Waals surface area contributed by atoms with Crippen LogP contribution < -0.4 is 0 Å². The van der Waals surface area contributed by atoms with Gasteiger partial charge in [-0.15, -0.1) is 0 Å². The molecule has 1 heterocycles. The summed E-state index contributed by atoms with van der Waals surface area (Å²) in [4.78, 5) is 7.74. The van der Waals surface area contributed by atoms with Gasteiger partial charge in [0.05, 0.1) is 5.69 Å². The number of unbranched alkanes of at least 4 members (excludes halogenated alkanes) is 1. The summed E-state index contributed by atoms with van der Waals surface area (Å²) in [7, 11) is 0. The van der Waals surface area contributed by atoms with E-state index in [1.165, 1.54) is 12.8 Å².